The summed E-state index contributed by atoms with van der Waals surface area (Å²) in [6, 6.07) is 0.505. The molecule has 2 heterocycles. The van der Waals surface area contributed by atoms with E-state index in [1.54, 1.807) is 0 Å². The number of likely N-dealkylation sites (N-methyl/N-ethyl adjacent to an activating group) is 1. The molecule has 1 unspecified atom stereocenters. The second kappa shape index (κ2) is 4.72. The predicted octanol–water partition coefficient (Wildman–Crippen LogP) is 0.589. The maximum Gasteiger partial charge on any atom is 0.228 e. The lowest BCUT2D eigenvalue weighted by molar-refractivity contribution is 0.173. The lowest BCUT2D eigenvalue weighted by atomic mass is 10.0. The Kier molecular flexibility index (Phi) is 3.33. The van der Waals surface area contributed by atoms with E-state index in [-0.39, 0.29) is 6.61 Å². The summed E-state index contributed by atoms with van der Waals surface area (Å²) < 4.78 is 5.06. The molecule has 1 atom stereocenters. The average Bonchev–Trinajstić information content (AvgIpc) is 2.69. The van der Waals surface area contributed by atoms with Gasteiger partial charge in [0.25, 0.3) is 0 Å². The van der Waals surface area contributed by atoms with Gasteiger partial charge in [0, 0.05) is 12.5 Å². The highest BCUT2D eigenvalue weighted by atomic mass is 16.5. The van der Waals surface area contributed by atoms with Gasteiger partial charge in [-0.1, -0.05) is 11.6 Å². The Morgan fingerprint density at radius 1 is 1.53 bits per heavy atom. The molecule has 15 heavy (non-hydrogen) atoms. The van der Waals surface area contributed by atoms with Crippen molar-refractivity contribution in [2.24, 2.45) is 0 Å². The van der Waals surface area contributed by atoms with Crippen LogP contribution in [0.2, 0.25) is 0 Å². The van der Waals surface area contributed by atoms with Crippen molar-refractivity contribution in [3.8, 4) is 0 Å². The molecule has 2 rings (SSSR count). The van der Waals surface area contributed by atoms with Crippen LogP contribution in [-0.4, -0.2) is 39.8 Å². The first kappa shape index (κ1) is 10.6. The Morgan fingerprint density at radius 2 is 2.40 bits per heavy atom. The zero-order valence-corrected chi connectivity index (χ0v) is 9.02. The Morgan fingerprint density at radius 3 is 3.07 bits per heavy atom. The first-order valence-electron chi connectivity index (χ1n) is 5.42. The highest BCUT2D eigenvalue weighted by Gasteiger charge is 2.21. The molecule has 0 saturated carbocycles. The third kappa shape index (κ3) is 2.54. The second-order valence-corrected chi connectivity index (χ2v) is 4.10. The number of aliphatic hydroxyl groups is 1. The van der Waals surface area contributed by atoms with Crippen LogP contribution >= 0.6 is 0 Å². The number of likely N-dealkylation sites (tertiary alicyclic amines) is 1. The summed E-state index contributed by atoms with van der Waals surface area (Å²) in [7, 11) is 2.13. The van der Waals surface area contributed by atoms with Gasteiger partial charge in [-0.2, -0.15) is 4.98 Å². The Hall–Kier alpha value is -0.940. The molecule has 84 valence electrons. The van der Waals surface area contributed by atoms with E-state index in [4.69, 9.17) is 9.63 Å². The molecular formula is C10H17N3O2. The SMILES string of the molecule is CN1CCCCC1Cc1nc(CO)no1. The molecule has 0 aliphatic carbocycles. The minimum atomic E-state index is -0.149. The molecule has 1 aromatic rings. The predicted molar refractivity (Wildman–Crippen MR) is 54.2 cm³/mol. The molecule has 0 aromatic carbocycles. The largest absolute Gasteiger partial charge is 0.388 e. The molecule has 1 fully saturated rings. The van der Waals surface area contributed by atoms with E-state index < -0.39 is 0 Å². The molecule has 1 aliphatic heterocycles. The molecule has 1 saturated heterocycles. The molecule has 0 radical (unpaired) electrons. The van der Waals surface area contributed by atoms with Crippen LogP contribution in [-0.2, 0) is 13.0 Å². The summed E-state index contributed by atoms with van der Waals surface area (Å²) in [4.78, 5) is 6.44. The van der Waals surface area contributed by atoms with Gasteiger partial charge in [-0.3, -0.25) is 0 Å². The minimum absolute atomic E-state index is 0.149. The summed E-state index contributed by atoms with van der Waals surface area (Å²) in [5.41, 5.74) is 0. The van der Waals surface area contributed by atoms with Crippen LogP contribution < -0.4 is 0 Å². The van der Waals surface area contributed by atoms with Gasteiger partial charge in [-0.25, -0.2) is 0 Å². The van der Waals surface area contributed by atoms with Gasteiger partial charge in [-0.15, -0.1) is 0 Å². The van der Waals surface area contributed by atoms with E-state index >= 15 is 0 Å². The molecular weight excluding hydrogens is 194 g/mol. The Labute approximate surface area is 89.1 Å². The van der Waals surface area contributed by atoms with Crippen LogP contribution in [0, 0.1) is 0 Å². The number of hydrogen-bond donors (Lipinski definition) is 1. The van der Waals surface area contributed by atoms with Gasteiger partial charge >= 0.3 is 0 Å². The van der Waals surface area contributed by atoms with E-state index in [1.165, 1.54) is 19.3 Å². The quantitative estimate of drug-likeness (QED) is 0.792. The summed E-state index contributed by atoms with van der Waals surface area (Å²) in [6.07, 6.45) is 4.53. The molecule has 1 N–H and O–H groups in total. The molecule has 0 bridgehead atoms. The number of hydrogen-bond acceptors (Lipinski definition) is 5. The van der Waals surface area contributed by atoms with E-state index in [0.717, 1.165) is 13.0 Å². The monoisotopic (exact) mass is 211 g/mol. The van der Waals surface area contributed by atoms with Gasteiger partial charge in [0.05, 0.1) is 0 Å². The van der Waals surface area contributed by atoms with E-state index in [9.17, 15) is 0 Å². The highest BCUT2D eigenvalue weighted by Crippen LogP contribution is 2.18. The van der Waals surface area contributed by atoms with Crippen LogP contribution in [0.5, 0.6) is 0 Å². The standard InChI is InChI=1S/C10H17N3O2/c1-13-5-3-2-4-8(13)6-10-11-9(7-14)12-15-10/h8,14H,2-7H2,1H3. The van der Waals surface area contributed by atoms with Crippen LogP contribution in [0.3, 0.4) is 0 Å². The minimum Gasteiger partial charge on any atom is -0.388 e. The Bertz CT molecular complexity index is 313. The highest BCUT2D eigenvalue weighted by molar-refractivity contribution is 4.89. The van der Waals surface area contributed by atoms with Crippen LogP contribution in [0.15, 0.2) is 4.52 Å². The molecule has 0 spiro atoms. The van der Waals surface area contributed by atoms with Crippen LogP contribution in [0.4, 0.5) is 0 Å². The smallest absolute Gasteiger partial charge is 0.228 e. The third-order valence-corrected chi connectivity index (χ3v) is 2.98. The Balaban J connectivity index is 1.95. The number of nitrogens with zero attached hydrogens (tertiary/aromatic N) is 3. The van der Waals surface area contributed by atoms with Crippen molar-refractivity contribution in [2.75, 3.05) is 13.6 Å². The van der Waals surface area contributed by atoms with Crippen molar-refractivity contribution in [3.63, 3.8) is 0 Å². The average molecular weight is 211 g/mol. The van der Waals surface area contributed by atoms with Crippen molar-refractivity contribution in [2.45, 2.75) is 38.3 Å². The fourth-order valence-corrected chi connectivity index (χ4v) is 2.04. The fraction of sp³-hybridized carbons (Fsp3) is 0.800. The number of rotatable bonds is 3. The van der Waals surface area contributed by atoms with Crippen LogP contribution in [0.1, 0.15) is 31.0 Å². The van der Waals surface area contributed by atoms with Crippen molar-refractivity contribution in [1.82, 2.24) is 15.0 Å². The summed E-state index contributed by atoms with van der Waals surface area (Å²) in [6.45, 7) is 0.996. The third-order valence-electron chi connectivity index (χ3n) is 2.98. The maximum atomic E-state index is 8.81. The van der Waals surface area contributed by atoms with Crippen molar-refractivity contribution < 1.29 is 9.63 Å². The molecule has 1 aromatic heterocycles. The van der Waals surface area contributed by atoms with Crippen molar-refractivity contribution >= 4 is 0 Å². The molecule has 5 nitrogen and oxygen atoms in total. The lowest BCUT2D eigenvalue weighted by Crippen LogP contribution is -2.37. The lowest BCUT2D eigenvalue weighted by Gasteiger charge is -2.31. The van der Waals surface area contributed by atoms with E-state index in [1.807, 2.05) is 0 Å². The number of piperidine rings is 1. The first-order chi connectivity index (χ1) is 7.29. The van der Waals surface area contributed by atoms with Crippen LogP contribution in [0.25, 0.3) is 0 Å². The molecule has 1 aliphatic rings. The van der Waals surface area contributed by atoms with E-state index in [0.29, 0.717) is 17.8 Å². The molecule has 5 heteroatoms. The summed E-state index contributed by atoms with van der Waals surface area (Å²) in [5.74, 6) is 1.02. The van der Waals surface area contributed by atoms with Crippen molar-refractivity contribution in [1.29, 1.82) is 0 Å². The second-order valence-electron chi connectivity index (χ2n) is 4.10. The summed E-state index contributed by atoms with van der Waals surface area (Å²) >= 11 is 0. The zero-order chi connectivity index (χ0) is 10.7. The summed E-state index contributed by atoms with van der Waals surface area (Å²) in [5, 5.41) is 12.5. The van der Waals surface area contributed by atoms with Gasteiger partial charge < -0.3 is 14.5 Å². The first-order valence-corrected chi connectivity index (χ1v) is 5.42. The molecule has 0 amide bonds. The van der Waals surface area contributed by atoms with Gasteiger partial charge in [0.2, 0.25) is 5.89 Å². The number of aliphatic hydroxyl groups excluding tert-OH is 1. The van der Waals surface area contributed by atoms with Gasteiger partial charge in [-0.05, 0) is 26.4 Å². The van der Waals surface area contributed by atoms with E-state index in [2.05, 4.69) is 22.1 Å². The number of aromatic nitrogens is 2. The topological polar surface area (TPSA) is 62.4 Å². The van der Waals surface area contributed by atoms with Gasteiger partial charge in [0.15, 0.2) is 5.82 Å². The zero-order valence-electron chi connectivity index (χ0n) is 9.02. The van der Waals surface area contributed by atoms with Crippen molar-refractivity contribution in [3.05, 3.63) is 11.7 Å². The maximum absolute atomic E-state index is 8.81. The normalized spacial score (nSPS) is 23.2. The van der Waals surface area contributed by atoms with Gasteiger partial charge in [0.1, 0.15) is 6.61 Å². The fourth-order valence-electron chi connectivity index (χ4n) is 2.04.